The van der Waals surface area contributed by atoms with Crippen LogP contribution in [0.15, 0.2) is 16.7 Å². The molecule has 0 saturated carbocycles. The molecule has 6 heteroatoms. The Labute approximate surface area is 86.0 Å². The summed E-state index contributed by atoms with van der Waals surface area (Å²) in [4.78, 5) is 3.26. The van der Waals surface area contributed by atoms with Crippen molar-refractivity contribution in [2.45, 2.75) is 12.1 Å². The highest BCUT2D eigenvalue weighted by atomic mass is 79.9. The van der Waals surface area contributed by atoms with Crippen LogP contribution in [-0.2, 0) is 12.1 Å². The Hall–Kier alpha value is -0.290. The molecule has 1 nitrogen and oxygen atoms in total. The zero-order valence-electron chi connectivity index (χ0n) is 6.20. The quantitative estimate of drug-likeness (QED) is 0.713. The molecule has 0 bridgehead atoms. The average Bonchev–Trinajstić information content (AvgIpc) is 2.01. The van der Waals surface area contributed by atoms with Gasteiger partial charge in [0, 0.05) is 16.5 Å². The van der Waals surface area contributed by atoms with E-state index in [0.717, 1.165) is 6.20 Å². The van der Waals surface area contributed by atoms with Crippen molar-refractivity contribution >= 4 is 27.5 Å². The first-order chi connectivity index (χ1) is 5.95. The van der Waals surface area contributed by atoms with Crippen molar-refractivity contribution in [1.82, 2.24) is 4.98 Å². The van der Waals surface area contributed by atoms with Gasteiger partial charge in [-0.1, -0.05) is 0 Å². The van der Waals surface area contributed by atoms with Crippen LogP contribution in [0, 0.1) is 0 Å². The smallest absolute Gasteiger partial charge is 0.250 e. The third-order valence-corrected chi connectivity index (χ3v) is 2.23. The van der Waals surface area contributed by atoms with Crippen LogP contribution in [0.2, 0.25) is 0 Å². The lowest BCUT2D eigenvalue weighted by Crippen LogP contribution is -2.09. The molecule has 0 amide bonds. The summed E-state index contributed by atoms with van der Waals surface area (Å²) in [6.45, 7) is 0. The number of pyridine rings is 1. The zero-order chi connectivity index (χ0) is 10.1. The first-order valence-corrected chi connectivity index (χ1v) is 4.55. The fraction of sp³-hybridized carbons (Fsp3) is 0.286. The van der Waals surface area contributed by atoms with Gasteiger partial charge in [-0.05, 0) is 27.6 Å². The van der Waals surface area contributed by atoms with Gasteiger partial charge in [0.05, 0.1) is 0 Å². The molecular weight excluding hydrogens is 270 g/mol. The van der Waals surface area contributed by atoms with E-state index in [-0.39, 0.29) is 10.4 Å². The van der Waals surface area contributed by atoms with Crippen LogP contribution in [-0.4, -0.2) is 4.98 Å². The molecule has 0 radical (unpaired) electrons. The molecule has 1 aromatic heterocycles. The number of hydrogen-bond donors (Lipinski definition) is 0. The number of aromatic nitrogens is 1. The van der Waals surface area contributed by atoms with E-state index in [1.54, 1.807) is 0 Å². The van der Waals surface area contributed by atoms with E-state index >= 15 is 0 Å². The summed E-state index contributed by atoms with van der Waals surface area (Å²) in [5.41, 5.74) is -0.386. The van der Waals surface area contributed by atoms with Crippen molar-refractivity contribution in [2.75, 3.05) is 0 Å². The standard InChI is InChI=1S/C7H4BrClF3N/c8-5-1-4(2-9)3-13-6(5)7(10,11)12/h1,3H,2H2. The van der Waals surface area contributed by atoms with E-state index in [1.165, 1.54) is 6.07 Å². The van der Waals surface area contributed by atoms with E-state index in [4.69, 9.17) is 11.6 Å². The minimum Gasteiger partial charge on any atom is -0.250 e. The normalized spacial score (nSPS) is 11.8. The lowest BCUT2D eigenvalue weighted by Gasteiger charge is -2.07. The molecule has 0 N–H and O–H groups in total. The van der Waals surface area contributed by atoms with Crippen LogP contribution < -0.4 is 0 Å². The maximum absolute atomic E-state index is 12.2. The van der Waals surface area contributed by atoms with Crippen molar-refractivity contribution in [1.29, 1.82) is 0 Å². The average molecular weight is 274 g/mol. The minimum atomic E-state index is -4.43. The van der Waals surface area contributed by atoms with Crippen LogP contribution in [0.3, 0.4) is 0 Å². The third kappa shape index (κ3) is 2.57. The second kappa shape index (κ2) is 3.84. The number of halogens is 5. The van der Waals surface area contributed by atoms with Gasteiger partial charge < -0.3 is 0 Å². The summed E-state index contributed by atoms with van der Waals surface area (Å²) in [5.74, 6) is 0.143. The minimum absolute atomic E-state index is 0.0850. The van der Waals surface area contributed by atoms with Crippen molar-refractivity contribution < 1.29 is 13.2 Å². The fourth-order valence-corrected chi connectivity index (χ4v) is 1.53. The molecule has 13 heavy (non-hydrogen) atoms. The molecule has 1 heterocycles. The van der Waals surface area contributed by atoms with Crippen LogP contribution in [0.25, 0.3) is 0 Å². The lowest BCUT2D eigenvalue weighted by atomic mass is 10.3. The predicted octanol–water partition coefficient (Wildman–Crippen LogP) is 3.60. The van der Waals surface area contributed by atoms with Crippen LogP contribution in [0.1, 0.15) is 11.3 Å². The van der Waals surface area contributed by atoms with Gasteiger partial charge in [0.2, 0.25) is 0 Å². The molecule has 0 unspecified atom stereocenters. The van der Waals surface area contributed by atoms with Crippen LogP contribution >= 0.6 is 27.5 Å². The van der Waals surface area contributed by atoms with Crippen LogP contribution in [0.4, 0.5) is 13.2 Å². The van der Waals surface area contributed by atoms with E-state index in [0.29, 0.717) is 5.56 Å². The molecule has 72 valence electrons. The largest absolute Gasteiger partial charge is 0.434 e. The molecular formula is C7H4BrClF3N. The Morgan fingerprint density at radius 3 is 2.46 bits per heavy atom. The van der Waals surface area contributed by atoms with Gasteiger partial charge in [-0.2, -0.15) is 13.2 Å². The number of alkyl halides is 4. The fourth-order valence-electron chi connectivity index (χ4n) is 0.759. The molecule has 0 aromatic carbocycles. The summed E-state index contributed by atoms with van der Waals surface area (Å²) in [7, 11) is 0. The second-order valence-electron chi connectivity index (χ2n) is 2.31. The van der Waals surface area contributed by atoms with Gasteiger partial charge in [-0.15, -0.1) is 11.6 Å². The maximum Gasteiger partial charge on any atom is 0.434 e. The first kappa shape index (κ1) is 10.8. The SMILES string of the molecule is FC(F)(F)c1ncc(CCl)cc1Br. The lowest BCUT2D eigenvalue weighted by molar-refractivity contribution is -0.141. The van der Waals surface area contributed by atoms with Crippen molar-refractivity contribution in [2.24, 2.45) is 0 Å². The highest BCUT2D eigenvalue weighted by Gasteiger charge is 2.34. The topological polar surface area (TPSA) is 12.9 Å². The number of nitrogens with zero attached hydrogens (tertiary/aromatic N) is 1. The number of rotatable bonds is 1. The van der Waals surface area contributed by atoms with Crippen molar-refractivity contribution in [3.63, 3.8) is 0 Å². The molecule has 0 aliphatic heterocycles. The van der Waals surface area contributed by atoms with E-state index < -0.39 is 11.9 Å². The Morgan fingerprint density at radius 1 is 1.46 bits per heavy atom. The number of hydrogen-bond acceptors (Lipinski definition) is 1. The van der Waals surface area contributed by atoms with E-state index in [2.05, 4.69) is 20.9 Å². The van der Waals surface area contributed by atoms with E-state index in [9.17, 15) is 13.2 Å². The molecule has 1 rings (SSSR count). The Bertz CT molecular complexity index is 313. The summed E-state index contributed by atoms with van der Waals surface area (Å²) < 4.78 is 36.4. The van der Waals surface area contributed by atoms with E-state index in [1.807, 2.05) is 0 Å². The Morgan fingerprint density at radius 2 is 2.08 bits per heavy atom. The molecule has 0 spiro atoms. The first-order valence-electron chi connectivity index (χ1n) is 3.22. The van der Waals surface area contributed by atoms with Gasteiger partial charge >= 0.3 is 6.18 Å². The molecule has 0 aliphatic carbocycles. The summed E-state index contributed by atoms with van der Waals surface area (Å²) in [5, 5.41) is 0. The Balaban J connectivity index is 3.13. The molecule has 0 fully saturated rings. The predicted molar refractivity (Wildman–Crippen MR) is 46.5 cm³/mol. The third-order valence-electron chi connectivity index (χ3n) is 1.32. The second-order valence-corrected chi connectivity index (χ2v) is 3.43. The molecule has 0 aliphatic rings. The van der Waals surface area contributed by atoms with Gasteiger partial charge in [-0.3, -0.25) is 4.98 Å². The van der Waals surface area contributed by atoms with Gasteiger partial charge in [0.15, 0.2) is 5.69 Å². The maximum atomic E-state index is 12.2. The Kier molecular flexibility index (Phi) is 3.18. The molecule has 0 saturated heterocycles. The molecule has 0 atom stereocenters. The van der Waals surface area contributed by atoms with Crippen LogP contribution in [0.5, 0.6) is 0 Å². The highest BCUT2D eigenvalue weighted by molar-refractivity contribution is 9.10. The summed E-state index contributed by atoms with van der Waals surface area (Å²) in [6, 6.07) is 1.31. The summed E-state index contributed by atoms with van der Waals surface area (Å²) in [6.07, 6.45) is -3.32. The summed E-state index contributed by atoms with van der Waals surface area (Å²) >= 11 is 8.21. The van der Waals surface area contributed by atoms with Crippen molar-refractivity contribution in [3.8, 4) is 0 Å². The van der Waals surface area contributed by atoms with Crippen molar-refractivity contribution in [3.05, 3.63) is 28.0 Å². The van der Waals surface area contributed by atoms with Gasteiger partial charge in [0.25, 0.3) is 0 Å². The molecule has 1 aromatic rings. The highest BCUT2D eigenvalue weighted by Crippen LogP contribution is 2.33. The zero-order valence-corrected chi connectivity index (χ0v) is 8.54. The van der Waals surface area contributed by atoms with Gasteiger partial charge in [0.1, 0.15) is 0 Å². The monoisotopic (exact) mass is 273 g/mol. The van der Waals surface area contributed by atoms with Gasteiger partial charge in [-0.25, -0.2) is 0 Å².